The quantitative estimate of drug-likeness (QED) is 0.766. The first-order valence-corrected chi connectivity index (χ1v) is 6.07. The lowest BCUT2D eigenvalue weighted by Gasteiger charge is -2.22. The Hall–Kier alpha value is -0.590. The fourth-order valence-electron chi connectivity index (χ4n) is 2.17. The van der Waals surface area contributed by atoms with E-state index in [4.69, 9.17) is 5.26 Å². The fraction of sp³-hybridized carbons (Fsp3) is 0.917. The molecule has 0 radical (unpaired) electrons. The third-order valence-corrected chi connectivity index (χ3v) is 3.25. The van der Waals surface area contributed by atoms with Gasteiger partial charge in [-0.3, -0.25) is 0 Å². The lowest BCUT2D eigenvalue weighted by molar-refractivity contribution is 0.337. The van der Waals surface area contributed by atoms with E-state index < -0.39 is 0 Å². The minimum atomic E-state index is 0.392. The van der Waals surface area contributed by atoms with Gasteiger partial charge in [-0.15, -0.1) is 0 Å². The third-order valence-electron chi connectivity index (χ3n) is 3.25. The first-order chi connectivity index (χ1) is 7.26. The molecule has 1 N–H and O–H groups in total. The van der Waals surface area contributed by atoms with Crippen molar-refractivity contribution in [3.8, 4) is 6.07 Å². The zero-order chi connectivity index (χ0) is 11.1. The van der Waals surface area contributed by atoms with E-state index in [0.717, 1.165) is 6.42 Å². The number of likely N-dealkylation sites (tertiary alicyclic amines) is 1. The molecule has 15 heavy (non-hydrogen) atoms. The molecule has 0 saturated carbocycles. The Kier molecular flexibility index (Phi) is 5.67. The number of nitriles is 1. The maximum absolute atomic E-state index is 8.70. The average Bonchev–Trinajstić information content (AvgIpc) is 2.43. The Morgan fingerprint density at radius 3 is 2.93 bits per heavy atom. The standard InChI is InChI=1S/C12H23N3/c1-3-11(6-8-13)14-12-5-4-9-15(2)10-7-12/h11-12,14H,3-7,9-10H2,1-2H3. The van der Waals surface area contributed by atoms with Gasteiger partial charge in [-0.25, -0.2) is 0 Å². The van der Waals surface area contributed by atoms with Gasteiger partial charge < -0.3 is 10.2 Å². The Bertz CT molecular complexity index is 209. The van der Waals surface area contributed by atoms with Crippen molar-refractivity contribution in [2.24, 2.45) is 0 Å². The topological polar surface area (TPSA) is 39.1 Å². The average molecular weight is 209 g/mol. The van der Waals surface area contributed by atoms with Gasteiger partial charge in [0, 0.05) is 12.1 Å². The molecule has 3 heteroatoms. The van der Waals surface area contributed by atoms with E-state index in [2.05, 4.69) is 30.3 Å². The first-order valence-electron chi connectivity index (χ1n) is 6.07. The summed E-state index contributed by atoms with van der Waals surface area (Å²) in [7, 11) is 2.19. The largest absolute Gasteiger partial charge is 0.310 e. The van der Waals surface area contributed by atoms with Crippen LogP contribution in [0, 0.1) is 11.3 Å². The molecule has 3 nitrogen and oxygen atoms in total. The first kappa shape index (κ1) is 12.5. The zero-order valence-electron chi connectivity index (χ0n) is 10.00. The van der Waals surface area contributed by atoms with Gasteiger partial charge in [-0.1, -0.05) is 6.92 Å². The van der Waals surface area contributed by atoms with Crippen LogP contribution in [0.2, 0.25) is 0 Å². The summed E-state index contributed by atoms with van der Waals surface area (Å²) in [6, 6.07) is 3.27. The highest BCUT2D eigenvalue weighted by Gasteiger charge is 2.17. The van der Waals surface area contributed by atoms with E-state index in [0.29, 0.717) is 18.5 Å². The molecular weight excluding hydrogens is 186 g/mol. The molecule has 1 saturated heterocycles. The SMILES string of the molecule is CCC(CC#N)NC1CCCN(C)CC1. The molecule has 0 bridgehead atoms. The molecule has 86 valence electrons. The maximum Gasteiger partial charge on any atom is 0.0638 e. The number of nitrogens with zero attached hydrogens (tertiary/aromatic N) is 2. The predicted octanol–water partition coefficient (Wildman–Crippen LogP) is 1.75. The van der Waals surface area contributed by atoms with Crippen LogP contribution < -0.4 is 5.32 Å². The molecule has 2 unspecified atom stereocenters. The molecule has 0 aliphatic carbocycles. The Balaban J connectivity index is 2.33. The van der Waals surface area contributed by atoms with E-state index in [1.807, 2.05) is 0 Å². The number of hydrogen-bond acceptors (Lipinski definition) is 3. The smallest absolute Gasteiger partial charge is 0.0638 e. The van der Waals surface area contributed by atoms with Gasteiger partial charge in [0.25, 0.3) is 0 Å². The van der Waals surface area contributed by atoms with Crippen molar-refractivity contribution in [2.75, 3.05) is 20.1 Å². The lowest BCUT2D eigenvalue weighted by Crippen LogP contribution is -2.38. The van der Waals surface area contributed by atoms with E-state index >= 15 is 0 Å². The van der Waals surface area contributed by atoms with Crippen LogP contribution >= 0.6 is 0 Å². The highest BCUT2D eigenvalue weighted by Crippen LogP contribution is 2.11. The van der Waals surface area contributed by atoms with Crippen molar-refractivity contribution in [3.05, 3.63) is 0 Å². The van der Waals surface area contributed by atoms with Crippen LogP contribution in [0.4, 0.5) is 0 Å². The van der Waals surface area contributed by atoms with E-state index in [1.165, 1.54) is 32.4 Å². The van der Waals surface area contributed by atoms with Gasteiger partial charge in [-0.2, -0.15) is 5.26 Å². The Morgan fingerprint density at radius 1 is 1.47 bits per heavy atom. The molecule has 1 rings (SSSR count). The van der Waals surface area contributed by atoms with Crippen molar-refractivity contribution < 1.29 is 0 Å². The summed E-state index contributed by atoms with van der Waals surface area (Å²) in [6.45, 7) is 4.55. The van der Waals surface area contributed by atoms with Gasteiger partial charge in [-0.05, 0) is 45.8 Å². The summed E-state index contributed by atoms with van der Waals surface area (Å²) >= 11 is 0. The van der Waals surface area contributed by atoms with Crippen molar-refractivity contribution in [1.82, 2.24) is 10.2 Å². The second-order valence-corrected chi connectivity index (χ2v) is 4.57. The molecule has 0 spiro atoms. The van der Waals surface area contributed by atoms with Gasteiger partial charge in [0.2, 0.25) is 0 Å². The number of rotatable bonds is 4. The molecule has 2 atom stereocenters. The van der Waals surface area contributed by atoms with Crippen LogP contribution in [0.3, 0.4) is 0 Å². The molecule has 1 aliphatic heterocycles. The van der Waals surface area contributed by atoms with E-state index in [9.17, 15) is 0 Å². The number of hydrogen-bond donors (Lipinski definition) is 1. The van der Waals surface area contributed by atoms with Crippen LogP contribution in [0.5, 0.6) is 0 Å². The Labute approximate surface area is 93.5 Å². The molecule has 0 aromatic heterocycles. The van der Waals surface area contributed by atoms with Crippen LogP contribution in [-0.2, 0) is 0 Å². The summed E-state index contributed by atoms with van der Waals surface area (Å²) in [5.74, 6) is 0. The van der Waals surface area contributed by atoms with E-state index in [-0.39, 0.29) is 0 Å². The summed E-state index contributed by atoms with van der Waals surface area (Å²) < 4.78 is 0. The highest BCUT2D eigenvalue weighted by molar-refractivity contribution is 4.83. The van der Waals surface area contributed by atoms with E-state index in [1.54, 1.807) is 0 Å². The summed E-state index contributed by atoms with van der Waals surface area (Å²) in [5, 5.41) is 12.3. The van der Waals surface area contributed by atoms with Gasteiger partial charge in [0.15, 0.2) is 0 Å². The normalized spacial score (nSPS) is 25.5. The van der Waals surface area contributed by atoms with Crippen molar-refractivity contribution >= 4 is 0 Å². The van der Waals surface area contributed by atoms with Crippen LogP contribution in [0.15, 0.2) is 0 Å². The van der Waals surface area contributed by atoms with Crippen LogP contribution in [-0.4, -0.2) is 37.1 Å². The van der Waals surface area contributed by atoms with Crippen molar-refractivity contribution in [3.63, 3.8) is 0 Å². The van der Waals surface area contributed by atoms with Crippen molar-refractivity contribution in [2.45, 2.75) is 51.1 Å². The number of nitrogens with one attached hydrogen (secondary N) is 1. The summed E-state index contributed by atoms with van der Waals surface area (Å²) in [5.41, 5.74) is 0. The second-order valence-electron chi connectivity index (χ2n) is 4.57. The monoisotopic (exact) mass is 209 g/mol. The van der Waals surface area contributed by atoms with Crippen molar-refractivity contribution in [1.29, 1.82) is 5.26 Å². The molecule has 1 heterocycles. The summed E-state index contributed by atoms with van der Waals surface area (Å²) in [4.78, 5) is 2.40. The third kappa shape index (κ3) is 4.63. The molecular formula is C12H23N3. The van der Waals surface area contributed by atoms with Crippen LogP contribution in [0.25, 0.3) is 0 Å². The Morgan fingerprint density at radius 2 is 2.27 bits per heavy atom. The molecule has 0 aromatic rings. The minimum absolute atomic E-state index is 0.392. The van der Waals surface area contributed by atoms with Crippen LogP contribution in [0.1, 0.15) is 39.0 Å². The van der Waals surface area contributed by atoms with Gasteiger partial charge >= 0.3 is 0 Å². The lowest BCUT2D eigenvalue weighted by atomic mass is 10.1. The predicted molar refractivity (Wildman–Crippen MR) is 62.6 cm³/mol. The summed E-state index contributed by atoms with van der Waals surface area (Å²) in [6.07, 6.45) is 5.45. The molecule has 0 aromatic carbocycles. The molecule has 0 amide bonds. The second kappa shape index (κ2) is 6.81. The van der Waals surface area contributed by atoms with Gasteiger partial charge in [0.1, 0.15) is 0 Å². The van der Waals surface area contributed by atoms with Gasteiger partial charge in [0.05, 0.1) is 12.5 Å². The minimum Gasteiger partial charge on any atom is -0.310 e. The zero-order valence-corrected chi connectivity index (χ0v) is 10.00. The molecule has 1 aliphatic rings. The highest BCUT2D eigenvalue weighted by atomic mass is 15.1. The maximum atomic E-state index is 8.70. The fourth-order valence-corrected chi connectivity index (χ4v) is 2.17. The molecule has 1 fully saturated rings.